The molecule has 198 valence electrons. The van der Waals surface area contributed by atoms with Crippen molar-refractivity contribution in [1.82, 2.24) is 3.97 Å². The zero-order valence-electron chi connectivity index (χ0n) is 22.3. The zero-order chi connectivity index (χ0) is 27.9. The summed E-state index contributed by atoms with van der Waals surface area (Å²) >= 11 is 0. The summed E-state index contributed by atoms with van der Waals surface area (Å²) in [5, 5.41) is 6.87. The minimum Gasteiger partial charge on any atom is -0.233 e. The molecular formula is C36H27NO2SSi. The predicted molar refractivity (Wildman–Crippen MR) is 172 cm³/mol. The van der Waals surface area contributed by atoms with E-state index < -0.39 is 18.1 Å². The van der Waals surface area contributed by atoms with Gasteiger partial charge in [-0.2, -0.15) is 0 Å². The molecule has 0 fully saturated rings. The van der Waals surface area contributed by atoms with Crippen LogP contribution in [0, 0.1) is 0 Å². The van der Waals surface area contributed by atoms with Crippen LogP contribution in [0.2, 0.25) is 0 Å². The Labute approximate surface area is 241 Å². The highest BCUT2D eigenvalue weighted by Crippen LogP contribution is 2.32. The second-order valence-corrected chi connectivity index (χ2v) is 15.8. The summed E-state index contributed by atoms with van der Waals surface area (Å²) in [6.45, 7) is 0. The number of rotatable bonds is 6. The summed E-state index contributed by atoms with van der Waals surface area (Å²) in [7, 11) is -6.59. The van der Waals surface area contributed by atoms with Crippen LogP contribution in [0.5, 0.6) is 0 Å². The van der Waals surface area contributed by atoms with Gasteiger partial charge in [0.15, 0.2) is 8.07 Å². The van der Waals surface area contributed by atoms with Gasteiger partial charge in [-0.05, 0) is 45.0 Å². The van der Waals surface area contributed by atoms with E-state index in [1.165, 1.54) is 24.7 Å². The molecule has 5 heteroatoms. The number of benzene rings is 6. The lowest BCUT2D eigenvalue weighted by atomic mass is 10.1. The first kappa shape index (κ1) is 25.3. The third kappa shape index (κ3) is 3.97. The molecule has 0 radical (unpaired) electrons. The highest BCUT2D eigenvalue weighted by atomic mass is 32.2. The molecule has 0 N–H and O–H groups in total. The third-order valence-corrected chi connectivity index (χ3v) is 14.5. The minimum atomic E-state index is -3.83. The number of hydrogen-bond donors (Lipinski definition) is 0. The maximum Gasteiger partial charge on any atom is 0.268 e. The zero-order valence-corrected chi connectivity index (χ0v) is 24.1. The molecule has 0 saturated heterocycles. The molecule has 0 aliphatic rings. The third-order valence-electron chi connectivity index (χ3n) is 7.96. The lowest BCUT2D eigenvalue weighted by Crippen LogP contribution is -2.74. The van der Waals surface area contributed by atoms with Crippen LogP contribution in [0.4, 0.5) is 0 Å². The van der Waals surface area contributed by atoms with Crippen LogP contribution in [0.15, 0.2) is 169 Å². The molecule has 0 aliphatic heterocycles. The van der Waals surface area contributed by atoms with Crippen molar-refractivity contribution in [3.63, 3.8) is 0 Å². The van der Waals surface area contributed by atoms with Crippen LogP contribution >= 0.6 is 0 Å². The first-order valence-corrected chi connectivity index (χ1v) is 17.1. The number of para-hydroxylation sites is 1. The van der Waals surface area contributed by atoms with Gasteiger partial charge in [-0.15, -0.1) is 0 Å². The molecule has 0 aliphatic carbocycles. The Morgan fingerprint density at radius 2 is 0.854 bits per heavy atom. The normalized spacial score (nSPS) is 12.1. The lowest BCUT2D eigenvalue weighted by molar-refractivity contribution is 0.590. The molecule has 1 aromatic heterocycles. The summed E-state index contributed by atoms with van der Waals surface area (Å²) in [6.07, 6.45) is 0. The highest BCUT2D eigenvalue weighted by molar-refractivity contribution is 7.90. The van der Waals surface area contributed by atoms with E-state index >= 15 is 0 Å². The predicted octanol–water partition coefficient (Wildman–Crippen LogP) is 5.41. The largest absolute Gasteiger partial charge is 0.268 e. The van der Waals surface area contributed by atoms with Crippen LogP contribution in [0.3, 0.4) is 0 Å². The molecule has 0 bridgehead atoms. The Morgan fingerprint density at radius 1 is 0.415 bits per heavy atom. The summed E-state index contributed by atoms with van der Waals surface area (Å²) in [5.41, 5.74) is 1.35. The van der Waals surface area contributed by atoms with E-state index in [2.05, 4.69) is 103 Å². The molecule has 0 saturated carbocycles. The van der Waals surface area contributed by atoms with E-state index in [0.29, 0.717) is 11.0 Å². The molecule has 7 rings (SSSR count). The summed E-state index contributed by atoms with van der Waals surface area (Å²) in [4.78, 5) is 0.272. The lowest BCUT2D eigenvalue weighted by Gasteiger charge is -2.34. The van der Waals surface area contributed by atoms with Crippen LogP contribution in [-0.2, 0) is 10.0 Å². The summed E-state index contributed by atoms with van der Waals surface area (Å²) in [5.74, 6) is 0. The van der Waals surface area contributed by atoms with Crippen molar-refractivity contribution in [2.75, 3.05) is 0 Å². The Bertz CT molecular complexity index is 2000. The molecule has 3 nitrogen and oxygen atoms in total. The number of hydrogen-bond acceptors (Lipinski definition) is 2. The van der Waals surface area contributed by atoms with Crippen LogP contribution < -0.4 is 20.7 Å². The van der Waals surface area contributed by atoms with Crippen molar-refractivity contribution in [3.05, 3.63) is 164 Å². The monoisotopic (exact) mass is 565 g/mol. The molecule has 0 atom stereocenters. The number of fused-ring (bicyclic) bond motifs is 3. The number of nitrogens with zero attached hydrogens (tertiary/aromatic N) is 1. The van der Waals surface area contributed by atoms with Gasteiger partial charge in [-0.1, -0.05) is 140 Å². The molecule has 41 heavy (non-hydrogen) atoms. The van der Waals surface area contributed by atoms with E-state index in [1.807, 2.05) is 36.4 Å². The van der Waals surface area contributed by atoms with Crippen LogP contribution in [0.1, 0.15) is 0 Å². The maximum atomic E-state index is 14.0. The molecule has 0 amide bonds. The van der Waals surface area contributed by atoms with Crippen molar-refractivity contribution < 1.29 is 8.42 Å². The van der Waals surface area contributed by atoms with Gasteiger partial charge < -0.3 is 0 Å². The smallest absolute Gasteiger partial charge is 0.233 e. The Kier molecular flexibility index (Phi) is 6.19. The van der Waals surface area contributed by atoms with E-state index in [4.69, 9.17) is 0 Å². The van der Waals surface area contributed by atoms with Gasteiger partial charge in [-0.25, -0.2) is 12.4 Å². The summed E-state index contributed by atoms with van der Waals surface area (Å²) in [6, 6.07) is 55.1. The van der Waals surface area contributed by atoms with Gasteiger partial charge in [0.25, 0.3) is 10.0 Å². The standard InChI is InChI=1S/C36H27NO2SSi/c38-40(39,28-15-5-1-6-16-28)37-35-24-14-13-23-33(35)34-27-32(25-26-36(34)37)41(29-17-7-2-8-18-29,30-19-9-3-10-20-30)31-21-11-4-12-22-31/h1-27H. The SMILES string of the molecule is O=S(=O)(c1ccccc1)n1c2ccccc2c2cc([Si](c3ccccc3)(c3ccccc3)c3ccccc3)ccc21. The number of aromatic nitrogens is 1. The highest BCUT2D eigenvalue weighted by Gasteiger charge is 2.41. The van der Waals surface area contributed by atoms with Gasteiger partial charge in [0.2, 0.25) is 0 Å². The fraction of sp³-hybridized carbons (Fsp3) is 0. The van der Waals surface area contributed by atoms with Gasteiger partial charge in [0, 0.05) is 10.8 Å². The van der Waals surface area contributed by atoms with Gasteiger partial charge in [-0.3, -0.25) is 0 Å². The average molecular weight is 566 g/mol. The molecule has 1 heterocycles. The van der Waals surface area contributed by atoms with Gasteiger partial charge >= 0.3 is 0 Å². The van der Waals surface area contributed by atoms with Crippen molar-refractivity contribution in [2.24, 2.45) is 0 Å². The fourth-order valence-corrected chi connectivity index (χ4v) is 12.5. The van der Waals surface area contributed by atoms with Crippen LogP contribution in [-0.4, -0.2) is 20.5 Å². The second-order valence-electron chi connectivity index (χ2n) is 10.2. The Morgan fingerprint density at radius 3 is 1.39 bits per heavy atom. The van der Waals surface area contributed by atoms with E-state index in [9.17, 15) is 8.42 Å². The summed E-state index contributed by atoms with van der Waals surface area (Å²) < 4.78 is 29.6. The van der Waals surface area contributed by atoms with Crippen LogP contribution in [0.25, 0.3) is 21.8 Å². The van der Waals surface area contributed by atoms with E-state index in [1.54, 1.807) is 24.3 Å². The van der Waals surface area contributed by atoms with Crippen molar-refractivity contribution in [3.8, 4) is 0 Å². The second kappa shape index (κ2) is 10.0. The van der Waals surface area contributed by atoms with Gasteiger partial charge in [0.05, 0.1) is 15.9 Å². The van der Waals surface area contributed by atoms with Crippen molar-refractivity contribution in [2.45, 2.75) is 4.90 Å². The first-order valence-electron chi connectivity index (χ1n) is 13.6. The maximum absolute atomic E-state index is 14.0. The molecule has 6 aromatic carbocycles. The molecule has 7 aromatic rings. The average Bonchev–Trinajstić information content (AvgIpc) is 3.38. The van der Waals surface area contributed by atoms with Gasteiger partial charge in [0.1, 0.15) is 0 Å². The van der Waals surface area contributed by atoms with E-state index in [0.717, 1.165) is 10.8 Å². The van der Waals surface area contributed by atoms with Crippen molar-refractivity contribution >= 4 is 60.6 Å². The molecular weight excluding hydrogens is 539 g/mol. The van der Waals surface area contributed by atoms with Crippen molar-refractivity contribution in [1.29, 1.82) is 0 Å². The molecule has 0 spiro atoms. The first-order chi connectivity index (χ1) is 20.1. The topological polar surface area (TPSA) is 39.1 Å². The minimum absolute atomic E-state index is 0.272. The quantitative estimate of drug-likeness (QED) is 0.200. The van der Waals surface area contributed by atoms with E-state index in [-0.39, 0.29) is 4.90 Å². The fourth-order valence-electron chi connectivity index (χ4n) is 6.19. The molecule has 0 unspecified atom stereocenters. The Hall–Kier alpha value is -4.71. The Balaban J connectivity index is 1.60.